The highest BCUT2D eigenvalue weighted by Crippen LogP contribution is 2.40. The molecule has 36 heavy (non-hydrogen) atoms. The standard InChI is InChI=1S/C30H22Cl2N4/c1-19-8-7-11-21(16-19)27-18-28(23-12-5-6-13-25(23)32)36(35-27)30-33-26-15-14-22(31)17-24(26)29(34-30)20-9-3-2-4-10-20/h2-17,28H,18H2,1H3/t28-/m1/s1. The zero-order valence-corrected chi connectivity index (χ0v) is 21.1. The molecular weight excluding hydrogens is 487 g/mol. The number of rotatable bonds is 4. The van der Waals surface area contributed by atoms with E-state index in [2.05, 4.69) is 31.2 Å². The Morgan fingerprint density at radius 3 is 2.36 bits per heavy atom. The Morgan fingerprint density at radius 2 is 1.56 bits per heavy atom. The average Bonchev–Trinajstić information content (AvgIpc) is 3.34. The van der Waals surface area contributed by atoms with Crippen LogP contribution in [0.3, 0.4) is 0 Å². The van der Waals surface area contributed by atoms with E-state index in [1.165, 1.54) is 5.56 Å². The molecule has 0 saturated heterocycles. The maximum Gasteiger partial charge on any atom is 0.247 e. The smallest absolute Gasteiger partial charge is 0.223 e. The van der Waals surface area contributed by atoms with Crippen molar-refractivity contribution in [3.63, 3.8) is 0 Å². The van der Waals surface area contributed by atoms with Crippen molar-refractivity contribution >= 4 is 45.8 Å². The molecule has 1 aliphatic heterocycles. The molecule has 4 nitrogen and oxygen atoms in total. The van der Waals surface area contributed by atoms with Crippen molar-refractivity contribution in [3.8, 4) is 11.3 Å². The summed E-state index contributed by atoms with van der Waals surface area (Å²) in [4.78, 5) is 9.99. The molecule has 1 atom stereocenters. The summed E-state index contributed by atoms with van der Waals surface area (Å²) in [6.45, 7) is 2.09. The lowest BCUT2D eigenvalue weighted by molar-refractivity contribution is 0.689. The van der Waals surface area contributed by atoms with Crippen LogP contribution < -0.4 is 5.01 Å². The highest BCUT2D eigenvalue weighted by Gasteiger charge is 2.33. The zero-order valence-electron chi connectivity index (χ0n) is 19.6. The lowest BCUT2D eigenvalue weighted by Gasteiger charge is -2.23. The predicted octanol–water partition coefficient (Wildman–Crippen LogP) is 8.27. The van der Waals surface area contributed by atoms with Gasteiger partial charge in [-0.2, -0.15) is 5.10 Å². The lowest BCUT2D eigenvalue weighted by atomic mass is 9.97. The number of aromatic nitrogens is 2. The van der Waals surface area contributed by atoms with Crippen LogP contribution in [0.1, 0.15) is 29.2 Å². The second-order valence-corrected chi connectivity index (χ2v) is 9.75. The van der Waals surface area contributed by atoms with E-state index in [4.69, 9.17) is 38.3 Å². The second kappa shape index (κ2) is 9.38. The molecule has 1 aromatic heterocycles. The van der Waals surface area contributed by atoms with Crippen LogP contribution in [0.25, 0.3) is 22.2 Å². The van der Waals surface area contributed by atoms with Crippen LogP contribution in [0.15, 0.2) is 102 Å². The molecule has 0 radical (unpaired) electrons. The number of hydrogen-bond donors (Lipinski definition) is 0. The largest absolute Gasteiger partial charge is 0.247 e. The number of hydrogen-bond acceptors (Lipinski definition) is 4. The lowest BCUT2D eigenvalue weighted by Crippen LogP contribution is -2.21. The molecule has 0 saturated carbocycles. The van der Waals surface area contributed by atoms with Crippen molar-refractivity contribution in [1.82, 2.24) is 9.97 Å². The van der Waals surface area contributed by atoms with Gasteiger partial charge in [0.15, 0.2) is 0 Å². The van der Waals surface area contributed by atoms with E-state index in [1.807, 2.05) is 77.8 Å². The van der Waals surface area contributed by atoms with Crippen molar-refractivity contribution in [2.24, 2.45) is 5.10 Å². The molecule has 6 rings (SSSR count). The fraction of sp³-hybridized carbons (Fsp3) is 0.100. The molecule has 0 spiro atoms. The molecule has 5 aromatic rings. The van der Waals surface area contributed by atoms with Gasteiger partial charge in [0.1, 0.15) is 0 Å². The van der Waals surface area contributed by atoms with E-state index < -0.39 is 0 Å². The van der Waals surface area contributed by atoms with Crippen molar-refractivity contribution < 1.29 is 0 Å². The summed E-state index contributed by atoms with van der Waals surface area (Å²) in [5, 5.41) is 9.22. The fourth-order valence-electron chi connectivity index (χ4n) is 4.69. The highest BCUT2D eigenvalue weighted by molar-refractivity contribution is 6.31. The van der Waals surface area contributed by atoms with E-state index in [9.17, 15) is 0 Å². The predicted molar refractivity (Wildman–Crippen MR) is 149 cm³/mol. The van der Waals surface area contributed by atoms with Crippen LogP contribution in [-0.2, 0) is 0 Å². The van der Waals surface area contributed by atoms with Gasteiger partial charge in [-0.05, 0) is 42.3 Å². The molecule has 0 fully saturated rings. The van der Waals surface area contributed by atoms with Gasteiger partial charge >= 0.3 is 0 Å². The van der Waals surface area contributed by atoms with Gasteiger partial charge in [-0.25, -0.2) is 15.0 Å². The summed E-state index contributed by atoms with van der Waals surface area (Å²) in [5.41, 5.74) is 6.86. The number of halogens is 2. The van der Waals surface area contributed by atoms with E-state index >= 15 is 0 Å². The van der Waals surface area contributed by atoms with E-state index in [-0.39, 0.29) is 6.04 Å². The SMILES string of the molecule is Cc1cccc(C2=NN(c3nc(-c4ccccc4)c4cc(Cl)ccc4n3)[C@@H](c3ccccc3Cl)C2)c1. The molecule has 0 unspecified atom stereocenters. The molecule has 1 aliphatic rings. The van der Waals surface area contributed by atoms with Crippen molar-refractivity contribution in [2.45, 2.75) is 19.4 Å². The summed E-state index contributed by atoms with van der Waals surface area (Å²) < 4.78 is 0. The fourth-order valence-corrected chi connectivity index (χ4v) is 5.12. The maximum atomic E-state index is 6.68. The van der Waals surface area contributed by atoms with Crippen molar-refractivity contribution in [2.75, 3.05) is 5.01 Å². The third-order valence-corrected chi connectivity index (χ3v) is 7.00. The maximum absolute atomic E-state index is 6.68. The third kappa shape index (κ3) is 4.23. The quantitative estimate of drug-likeness (QED) is 0.245. The number of benzene rings is 4. The minimum Gasteiger partial charge on any atom is -0.223 e. The molecule has 0 aliphatic carbocycles. The Bertz CT molecular complexity index is 1610. The first-order valence-corrected chi connectivity index (χ1v) is 12.5. The molecular formula is C30H22Cl2N4. The van der Waals surface area contributed by atoms with Gasteiger partial charge in [-0.15, -0.1) is 0 Å². The minimum atomic E-state index is -0.136. The Hall–Kier alpha value is -3.73. The Kier molecular flexibility index (Phi) is 5.92. The van der Waals surface area contributed by atoms with Gasteiger partial charge in [-0.1, -0.05) is 102 Å². The van der Waals surface area contributed by atoms with Crippen LogP contribution in [0.5, 0.6) is 0 Å². The van der Waals surface area contributed by atoms with E-state index in [1.54, 1.807) is 0 Å². The number of aryl methyl sites for hydroxylation is 1. The van der Waals surface area contributed by atoms with Gasteiger partial charge in [0.05, 0.1) is 23.0 Å². The Morgan fingerprint density at radius 1 is 0.778 bits per heavy atom. The first kappa shape index (κ1) is 22.7. The summed E-state index contributed by atoms with van der Waals surface area (Å²) in [6.07, 6.45) is 0.690. The number of hydrazone groups is 1. The summed E-state index contributed by atoms with van der Waals surface area (Å²) in [7, 11) is 0. The Labute approximate surface area is 219 Å². The minimum absolute atomic E-state index is 0.136. The van der Waals surface area contributed by atoms with Gasteiger partial charge < -0.3 is 0 Å². The van der Waals surface area contributed by atoms with Crippen LogP contribution in [-0.4, -0.2) is 15.7 Å². The third-order valence-electron chi connectivity index (χ3n) is 6.42. The number of fused-ring (bicyclic) bond motifs is 1. The summed E-state index contributed by atoms with van der Waals surface area (Å²) in [5.74, 6) is 0.524. The average molecular weight is 509 g/mol. The molecule has 0 bridgehead atoms. The number of nitrogens with zero attached hydrogens (tertiary/aromatic N) is 4. The molecule has 2 heterocycles. The van der Waals surface area contributed by atoms with Crippen LogP contribution in [0, 0.1) is 6.92 Å². The highest BCUT2D eigenvalue weighted by atomic mass is 35.5. The van der Waals surface area contributed by atoms with Gasteiger partial charge in [0.25, 0.3) is 0 Å². The molecule has 176 valence electrons. The monoisotopic (exact) mass is 508 g/mol. The molecule has 0 N–H and O–H groups in total. The summed E-state index contributed by atoms with van der Waals surface area (Å²) in [6, 6.07) is 32.0. The first-order valence-electron chi connectivity index (χ1n) is 11.8. The number of anilines is 1. The second-order valence-electron chi connectivity index (χ2n) is 8.90. The van der Waals surface area contributed by atoms with E-state index in [0.29, 0.717) is 22.4 Å². The normalized spacial score (nSPS) is 15.4. The zero-order chi connectivity index (χ0) is 24.6. The van der Waals surface area contributed by atoms with E-state index in [0.717, 1.165) is 39.0 Å². The van der Waals surface area contributed by atoms with Crippen molar-refractivity contribution in [1.29, 1.82) is 0 Å². The molecule has 0 amide bonds. The van der Waals surface area contributed by atoms with Gasteiger partial charge in [-0.3, -0.25) is 0 Å². The van der Waals surface area contributed by atoms with Crippen LogP contribution >= 0.6 is 23.2 Å². The van der Waals surface area contributed by atoms with Gasteiger partial charge in [0.2, 0.25) is 5.95 Å². The van der Waals surface area contributed by atoms with Crippen molar-refractivity contribution in [3.05, 3.63) is 124 Å². The topological polar surface area (TPSA) is 41.4 Å². The van der Waals surface area contributed by atoms with Crippen LogP contribution in [0.4, 0.5) is 5.95 Å². The molecule has 6 heteroatoms. The first-order chi connectivity index (χ1) is 17.6. The summed E-state index contributed by atoms with van der Waals surface area (Å²) >= 11 is 13.0. The molecule has 4 aromatic carbocycles. The Balaban J connectivity index is 1.56. The van der Waals surface area contributed by atoms with Gasteiger partial charge in [0, 0.05) is 27.4 Å². The van der Waals surface area contributed by atoms with Crippen LogP contribution in [0.2, 0.25) is 10.0 Å².